The summed E-state index contributed by atoms with van der Waals surface area (Å²) in [6, 6.07) is 40.7. The van der Waals surface area contributed by atoms with Crippen molar-refractivity contribution in [1.29, 1.82) is 0 Å². The van der Waals surface area contributed by atoms with Crippen molar-refractivity contribution >= 4 is 56.1 Å². The Hall–Kier alpha value is -6.50. The Bertz CT molecular complexity index is 2780. The summed E-state index contributed by atoms with van der Waals surface area (Å²) in [6.07, 6.45) is 8.55. The van der Waals surface area contributed by atoms with Gasteiger partial charge in [0.25, 0.3) is 0 Å². The second-order valence-corrected chi connectivity index (χ2v) is 15.1. The molecular weight excluding hydrogens is 695 g/mol. The Balaban J connectivity index is 1.49. The lowest BCUT2D eigenvalue weighted by Gasteiger charge is -2.14. The van der Waals surface area contributed by atoms with Crippen LogP contribution in [0.25, 0.3) is 89.2 Å². The van der Waals surface area contributed by atoms with Gasteiger partial charge in [-0.25, -0.2) is 9.97 Å². The van der Waals surface area contributed by atoms with Crippen molar-refractivity contribution in [3.05, 3.63) is 155 Å². The number of thiophene rings is 1. The first-order valence-corrected chi connectivity index (χ1v) is 19.2. The number of aromatic amines is 1. The van der Waals surface area contributed by atoms with Crippen molar-refractivity contribution in [2.75, 3.05) is 14.2 Å². The van der Waals surface area contributed by atoms with Crippen LogP contribution in [0.4, 0.5) is 0 Å². The van der Waals surface area contributed by atoms with Gasteiger partial charge in [0.15, 0.2) is 0 Å². The van der Waals surface area contributed by atoms with Crippen LogP contribution in [0.15, 0.2) is 115 Å². The van der Waals surface area contributed by atoms with Crippen molar-refractivity contribution in [2.24, 2.45) is 0 Å². The average molecular weight is 734 g/mol. The molecule has 0 fully saturated rings. The molecule has 5 heterocycles. The minimum atomic E-state index is 0.712. The van der Waals surface area contributed by atoms with Crippen molar-refractivity contribution in [3.63, 3.8) is 0 Å². The second kappa shape index (κ2) is 14.0. The summed E-state index contributed by atoms with van der Waals surface area (Å²) in [6.45, 7) is 6.35. The number of fused-ring (bicyclic) bond motifs is 8. The predicted octanol–water partition coefficient (Wildman–Crippen LogP) is 13.0. The minimum absolute atomic E-state index is 0.712. The van der Waals surface area contributed by atoms with Gasteiger partial charge >= 0.3 is 0 Å². The Morgan fingerprint density at radius 3 is 1.24 bits per heavy atom. The SMILES string of the molecule is COc1cccc(OC)c1-c1c2nc(c(-c3ccc(C)cc3)c3ccc([nH]3)c(-c3ccc(C)cc3)c3nc(c(-c4ccc(C)cc4)c4ccc1s4)C=C3)C=C2. The Morgan fingerprint density at radius 2 is 0.800 bits per heavy atom. The first-order valence-electron chi connectivity index (χ1n) is 18.4. The molecule has 0 amide bonds. The summed E-state index contributed by atoms with van der Waals surface area (Å²) < 4.78 is 14.2. The van der Waals surface area contributed by atoms with Crippen LogP contribution < -0.4 is 9.47 Å². The topological polar surface area (TPSA) is 60.0 Å². The lowest BCUT2D eigenvalue weighted by atomic mass is 10.0. The smallest absolute Gasteiger partial charge is 0.130 e. The normalized spacial score (nSPS) is 11.9. The molecule has 0 unspecified atom stereocenters. The first-order chi connectivity index (χ1) is 26.9. The second-order valence-electron chi connectivity index (χ2n) is 14.0. The Kier molecular flexibility index (Phi) is 8.76. The van der Waals surface area contributed by atoms with Crippen LogP contribution in [0, 0.1) is 20.8 Å². The maximum Gasteiger partial charge on any atom is 0.130 e. The number of aromatic nitrogens is 3. The highest BCUT2D eigenvalue weighted by Gasteiger charge is 2.22. The molecule has 2 aliphatic rings. The van der Waals surface area contributed by atoms with Crippen LogP contribution in [-0.4, -0.2) is 29.2 Å². The number of hydrogen-bond acceptors (Lipinski definition) is 5. The zero-order valence-electron chi connectivity index (χ0n) is 31.4. The maximum absolute atomic E-state index is 6.02. The number of rotatable bonds is 6. The monoisotopic (exact) mass is 733 g/mol. The molecule has 1 N–H and O–H groups in total. The van der Waals surface area contributed by atoms with E-state index in [2.05, 4.69) is 147 Å². The van der Waals surface area contributed by atoms with E-state index in [1.165, 1.54) is 16.7 Å². The van der Waals surface area contributed by atoms with E-state index in [1.807, 2.05) is 18.2 Å². The third kappa shape index (κ3) is 6.24. The molecule has 2 aliphatic heterocycles. The van der Waals surface area contributed by atoms with Gasteiger partial charge in [-0.15, -0.1) is 11.3 Å². The van der Waals surface area contributed by atoms with E-state index in [-0.39, 0.29) is 0 Å². The molecule has 268 valence electrons. The summed E-state index contributed by atoms with van der Waals surface area (Å²) in [7, 11) is 3.40. The predicted molar refractivity (Wildman–Crippen MR) is 231 cm³/mol. The fraction of sp³-hybridized carbons (Fsp3) is 0.102. The molecule has 0 spiro atoms. The van der Waals surface area contributed by atoms with Gasteiger partial charge in [0.05, 0.1) is 42.6 Å². The third-order valence-corrected chi connectivity index (χ3v) is 11.4. The van der Waals surface area contributed by atoms with Gasteiger partial charge in [0.2, 0.25) is 0 Å². The molecule has 8 bridgehead atoms. The van der Waals surface area contributed by atoms with Gasteiger partial charge in [0.1, 0.15) is 11.5 Å². The van der Waals surface area contributed by atoms with E-state index in [0.29, 0.717) is 11.5 Å². The largest absolute Gasteiger partial charge is 0.496 e. The van der Waals surface area contributed by atoms with Gasteiger partial charge in [-0.3, -0.25) is 0 Å². The van der Waals surface area contributed by atoms with Crippen molar-refractivity contribution < 1.29 is 9.47 Å². The average Bonchev–Trinajstić information content (AvgIpc) is 4.05. The molecule has 0 radical (unpaired) electrons. The molecule has 7 aromatic rings. The van der Waals surface area contributed by atoms with Crippen LogP contribution in [0.1, 0.15) is 39.5 Å². The van der Waals surface area contributed by atoms with Gasteiger partial charge in [-0.05, 0) is 98.2 Å². The molecule has 0 atom stereocenters. The fourth-order valence-electron chi connectivity index (χ4n) is 7.51. The van der Waals surface area contributed by atoms with Crippen LogP contribution >= 0.6 is 11.3 Å². The van der Waals surface area contributed by atoms with E-state index in [1.54, 1.807) is 25.6 Å². The van der Waals surface area contributed by atoms with E-state index in [4.69, 9.17) is 19.4 Å². The molecule has 4 aromatic carbocycles. The van der Waals surface area contributed by atoms with E-state index in [9.17, 15) is 0 Å². The van der Waals surface area contributed by atoms with E-state index in [0.717, 1.165) is 87.7 Å². The highest BCUT2D eigenvalue weighted by atomic mass is 32.1. The first kappa shape index (κ1) is 34.3. The summed E-state index contributed by atoms with van der Waals surface area (Å²) in [5.41, 5.74) is 17.2. The fourth-order valence-corrected chi connectivity index (χ4v) is 8.65. The number of benzene rings is 4. The highest BCUT2D eigenvalue weighted by molar-refractivity contribution is 7.24. The highest BCUT2D eigenvalue weighted by Crippen LogP contribution is 2.46. The molecule has 0 saturated carbocycles. The molecule has 6 heteroatoms. The summed E-state index contributed by atoms with van der Waals surface area (Å²) in [5, 5.41) is 0. The number of methoxy groups -OCH3 is 2. The number of nitrogens with one attached hydrogen (secondary N) is 1. The van der Waals surface area contributed by atoms with Crippen molar-refractivity contribution in [2.45, 2.75) is 20.8 Å². The molecule has 55 heavy (non-hydrogen) atoms. The Morgan fingerprint density at radius 1 is 0.418 bits per heavy atom. The molecule has 0 aliphatic carbocycles. The Labute approximate surface area is 325 Å². The zero-order valence-corrected chi connectivity index (χ0v) is 32.2. The molecule has 9 rings (SSSR count). The standard InChI is InChI=1S/C49H39N3O2S/c1-29-9-15-32(16-10-29)45-35-21-22-36(50-35)46(33-17-11-30(2)12-18-33)38-24-26-40(52-38)48(49-41(53-4)7-6-8-42(49)54-5)44-28-27-43(55-44)47(39-25-23-37(45)51-39)34-19-13-31(3)14-20-34/h6-28,50H,1-5H3. The van der Waals surface area contributed by atoms with Gasteiger partial charge < -0.3 is 14.5 Å². The summed E-state index contributed by atoms with van der Waals surface area (Å²) in [5.74, 6) is 1.42. The zero-order chi connectivity index (χ0) is 37.6. The van der Waals surface area contributed by atoms with Gasteiger partial charge in [-0.2, -0.15) is 0 Å². The van der Waals surface area contributed by atoms with Crippen LogP contribution in [0.3, 0.4) is 0 Å². The lowest BCUT2D eigenvalue weighted by Crippen LogP contribution is -1.94. The maximum atomic E-state index is 6.02. The number of aryl methyl sites for hydroxylation is 3. The lowest BCUT2D eigenvalue weighted by molar-refractivity contribution is 0.397. The van der Waals surface area contributed by atoms with Crippen molar-refractivity contribution in [3.8, 4) is 56.0 Å². The van der Waals surface area contributed by atoms with Gasteiger partial charge in [0, 0.05) is 42.7 Å². The number of nitrogens with zero attached hydrogens (tertiary/aromatic N) is 2. The van der Waals surface area contributed by atoms with E-state index < -0.39 is 0 Å². The minimum Gasteiger partial charge on any atom is -0.496 e. The number of hydrogen-bond donors (Lipinski definition) is 1. The van der Waals surface area contributed by atoms with E-state index >= 15 is 0 Å². The van der Waals surface area contributed by atoms with Gasteiger partial charge in [-0.1, -0.05) is 95.6 Å². The summed E-state index contributed by atoms with van der Waals surface area (Å²) >= 11 is 1.72. The molecule has 5 nitrogen and oxygen atoms in total. The van der Waals surface area contributed by atoms with Crippen LogP contribution in [0.2, 0.25) is 0 Å². The summed E-state index contributed by atoms with van der Waals surface area (Å²) in [4.78, 5) is 14.7. The molecule has 0 saturated heterocycles. The molecular formula is C49H39N3O2S. The number of ether oxygens (including phenoxy) is 2. The van der Waals surface area contributed by atoms with Crippen LogP contribution in [-0.2, 0) is 0 Å². The third-order valence-electron chi connectivity index (χ3n) is 10.3. The quantitative estimate of drug-likeness (QED) is 0.185. The number of H-pyrrole nitrogens is 1. The molecule has 3 aromatic heterocycles. The van der Waals surface area contributed by atoms with Crippen LogP contribution in [0.5, 0.6) is 11.5 Å². The van der Waals surface area contributed by atoms with Crippen molar-refractivity contribution in [1.82, 2.24) is 15.0 Å².